The Morgan fingerprint density at radius 1 is 1.25 bits per heavy atom. The van der Waals surface area contributed by atoms with Crippen LogP contribution in [0.25, 0.3) is 0 Å². The molecular weight excluding hydrogens is 304 g/mol. The van der Waals surface area contributed by atoms with Crippen molar-refractivity contribution < 1.29 is 9.90 Å². The van der Waals surface area contributed by atoms with Crippen LogP contribution in [0.3, 0.4) is 0 Å². The van der Waals surface area contributed by atoms with Gasteiger partial charge < -0.3 is 15.7 Å². The Balaban J connectivity index is 1.64. The molecule has 6 nitrogen and oxygen atoms in total. The van der Waals surface area contributed by atoms with Crippen LogP contribution in [-0.2, 0) is 12.8 Å². The number of hydrogen-bond donors (Lipinski definition) is 2. The van der Waals surface area contributed by atoms with Crippen molar-refractivity contribution in [2.75, 3.05) is 19.6 Å². The third kappa shape index (κ3) is 3.77. The Bertz CT molecular complexity index is 675. The third-order valence-corrected chi connectivity index (χ3v) is 4.42. The van der Waals surface area contributed by atoms with Gasteiger partial charge in [0.2, 0.25) is 0 Å². The number of amides is 1. The van der Waals surface area contributed by atoms with Crippen molar-refractivity contribution in [3.05, 3.63) is 59.7 Å². The highest BCUT2D eigenvalue weighted by Gasteiger charge is 2.34. The highest BCUT2D eigenvalue weighted by atomic mass is 16.3. The van der Waals surface area contributed by atoms with E-state index in [1.165, 1.54) is 0 Å². The molecule has 2 heterocycles. The average Bonchev–Trinajstić information content (AvgIpc) is 2.97. The fourth-order valence-corrected chi connectivity index (χ4v) is 3.09. The van der Waals surface area contributed by atoms with Crippen LogP contribution in [0, 0.1) is 5.92 Å². The fourth-order valence-electron chi connectivity index (χ4n) is 3.09. The lowest BCUT2D eigenvalue weighted by atomic mass is 10.0. The molecule has 1 aliphatic rings. The minimum Gasteiger partial charge on any atom is -0.391 e. The predicted molar refractivity (Wildman–Crippen MR) is 90.3 cm³/mol. The Morgan fingerprint density at radius 3 is 2.71 bits per heavy atom. The van der Waals surface area contributed by atoms with Crippen molar-refractivity contribution >= 4 is 5.91 Å². The summed E-state index contributed by atoms with van der Waals surface area (Å²) in [7, 11) is 0. The van der Waals surface area contributed by atoms with Crippen molar-refractivity contribution in [2.24, 2.45) is 11.7 Å². The number of likely N-dealkylation sites (tertiary alicyclic amines) is 1. The van der Waals surface area contributed by atoms with Crippen LogP contribution < -0.4 is 5.73 Å². The third-order valence-electron chi connectivity index (χ3n) is 4.42. The summed E-state index contributed by atoms with van der Waals surface area (Å²) in [5.74, 6) is -0.0582. The van der Waals surface area contributed by atoms with Crippen LogP contribution in [0.4, 0.5) is 0 Å². The smallest absolute Gasteiger partial charge is 0.253 e. The van der Waals surface area contributed by atoms with Crippen LogP contribution in [0.5, 0.6) is 0 Å². The Labute approximate surface area is 141 Å². The number of aliphatic hydroxyl groups excluding tert-OH is 1. The van der Waals surface area contributed by atoms with Crippen LogP contribution >= 0.6 is 0 Å². The second-order valence-electron chi connectivity index (χ2n) is 6.17. The van der Waals surface area contributed by atoms with Crippen molar-refractivity contribution in [1.82, 2.24) is 14.9 Å². The molecule has 1 aromatic heterocycles. The number of rotatable bonds is 5. The second-order valence-corrected chi connectivity index (χ2v) is 6.17. The second kappa shape index (κ2) is 7.51. The molecule has 0 aliphatic carbocycles. The average molecular weight is 326 g/mol. The zero-order chi connectivity index (χ0) is 16.9. The van der Waals surface area contributed by atoms with Gasteiger partial charge in [0.15, 0.2) is 0 Å². The number of benzene rings is 1. The largest absolute Gasteiger partial charge is 0.391 e. The number of aromatic nitrogens is 2. The van der Waals surface area contributed by atoms with Gasteiger partial charge in [0.25, 0.3) is 5.91 Å². The summed E-state index contributed by atoms with van der Waals surface area (Å²) in [4.78, 5) is 22.6. The molecule has 2 aromatic rings. The molecule has 1 saturated heterocycles. The molecule has 0 bridgehead atoms. The van der Waals surface area contributed by atoms with Gasteiger partial charge in [0.05, 0.1) is 11.8 Å². The summed E-state index contributed by atoms with van der Waals surface area (Å²) in [6.07, 6.45) is 5.85. The van der Waals surface area contributed by atoms with E-state index in [9.17, 15) is 9.90 Å². The molecule has 6 heteroatoms. The van der Waals surface area contributed by atoms with Gasteiger partial charge in [-0.05, 0) is 37.1 Å². The van der Waals surface area contributed by atoms with Crippen molar-refractivity contribution in [1.29, 1.82) is 0 Å². The normalized spacial score (nSPS) is 20.3. The van der Waals surface area contributed by atoms with Crippen molar-refractivity contribution in [2.45, 2.75) is 18.9 Å². The van der Waals surface area contributed by atoms with Crippen LogP contribution in [0.15, 0.2) is 42.9 Å². The molecule has 126 valence electrons. The highest BCUT2D eigenvalue weighted by molar-refractivity contribution is 5.94. The maximum absolute atomic E-state index is 12.6. The minimum atomic E-state index is -0.535. The highest BCUT2D eigenvalue weighted by Crippen LogP contribution is 2.22. The lowest BCUT2D eigenvalue weighted by Crippen LogP contribution is -2.29. The molecule has 24 heavy (non-hydrogen) atoms. The molecule has 3 rings (SSSR count). The maximum Gasteiger partial charge on any atom is 0.253 e. The molecular formula is C18H22N4O2. The number of nitrogens with two attached hydrogens (primary N) is 1. The van der Waals surface area contributed by atoms with E-state index >= 15 is 0 Å². The first-order chi connectivity index (χ1) is 11.7. The first kappa shape index (κ1) is 16.5. The number of carbonyl (C=O) groups is 1. The van der Waals surface area contributed by atoms with E-state index in [1.807, 2.05) is 24.3 Å². The molecule has 0 radical (unpaired) electrons. The van der Waals surface area contributed by atoms with Gasteiger partial charge in [0, 0.05) is 43.2 Å². The summed E-state index contributed by atoms with van der Waals surface area (Å²) < 4.78 is 0. The van der Waals surface area contributed by atoms with Gasteiger partial charge >= 0.3 is 0 Å². The monoisotopic (exact) mass is 326 g/mol. The number of nitrogens with zero attached hydrogens (tertiary/aromatic N) is 3. The zero-order valence-electron chi connectivity index (χ0n) is 13.5. The summed E-state index contributed by atoms with van der Waals surface area (Å²) in [6.45, 7) is 1.48. The van der Waals surface area contributed by atoms with Gasteiger partial charge in [-0.1, -0.05) is 12.1 Å². The molecule has 2 atom stereocenters. The molecule has 0 saturated carbocycles. The molecule has 1 amide bonds. The Kier molecular flexibility index (Phi) is 5.17. The summed E-state index contributed by atoms with van der Waals surface area (Å²) in [5, 5.41) is 10.3. The SMILES string of the molecule is NCCc1ccc(C(=O)N2C[C@@H](Cc3cnccn3)[C@H](O)C2)cc1. The number of carbonyl (C=O) groups excluding carboxylic acids is 1. The number of aliphatic hydroxyl groups is 1. The van der Waals surface area contributed by atoms with E-state index in [4.69, 9.17) is 5.73 Å². The summed E-state index contributed by atoms with van der Waals surface area (Å²) in [6, 6.07) is 7.53. The maximum atomic E-state index is 12.6. The quantitative estimate of drug-likeness (QED) is 0.842. The molecule has 3 N–H and O–H groups in total. The first-order valence-electron chi connectivity index (χ1n) is 8.18. The lowest BCUT2D eigenvalue weighted by Gasteiger charge is -2.16. The van der Waals surface area contributed by atoms with Gasteiger partial charge in [-0.15, -0.1) is 0 Å². The number of hydrogen-bond acceptors (Lipinski definition) is 5. The summed E-state index contributed by atoms with van der Waals surface area (Å²) in [5.41, 5.74) is 8.14. The Morgan fingerprint density at radius 2 is 2.04 bits per heavy atom. The van der Waals surface area contributed by atoms with E-state index in [0.29, 0.717) is 31.6 Å². The molecule has 0 unspecified atom stereocenters. The van der Waals surface area contributed by atoms with Crippen LogP contribution in [0.1, 0.15) is 21.6 Å². The molecule has 1 fully saturated rings. The standard InChI is InChI=1S/C18H22N4O2/c19-6-5-13-1-3-14(4-2-13)18(24)22-11-15(17(23)12-22)9-16-10-20-7-8-21-16/h1-4,7-8,10,15,17,23H,5-6,9,11-12,19H2/t15-,17-/m1/s1. The fraction of sp³-hybridized carbons (Fsp3) is 0.389. The van der Waals surface area contributed by atoms with Gasteiger partial charge in [-0.25, -0.2) is 0 Å². The first-order valence-corrected chi connectivity index (χ1v) is 8.18. The lowest BCUT2D eigenvalue weighted by molar-refractivity contribution is 0.0764. The van der Waals surface area contributed by atoms with Crippen molar-refractivity contribution in [3.8, 4) is 0 Å². The van der Waals surface area contributed by atoms with E-state index in [1.54, 1.807) is 23.5 Å². The molecule has 0 spiro atoms. The van der Waals surface area contributed by atoms with Gasteiger partial charge in [-0.3, -0.25) is 14.8 Å². The molecule has 1 aliphatic heterocycles. The molecule has 1 aromatic carbocycles. The van der Waals surface area contributed by atoms with Gasteiger partial charge in [-0.2, -0.15) is 0 Å². The number of β-amino-alcohol motifs (C(OH)–C–C–N with tert-alkyl or cyclic N) is 1. The van der Waals surface area contributed by atoms with E-state index in [-0.39, 0.29) is 11.8 Å². The minimum absolute atomic E-state index is 0.0119. The van der Waals surface area contributed by atoms with Crippen LogP contribution in [0.2, 0.25) is 0 Å². The van der Waals surface area contributed by atoms with E-state index < -0.39 is 6.10 Å². The predicted octanol–water partition coefficient (Wildman–Crippen LogP) is 0.653. The zero-order valence-corrected chi connectivity index (χ0v) is 13.5. The Hall–Kier alpha value is -2.31. The van der Waals surface area contributed by atoms with Crippen molar-refractivity contribution in [3.63, 3.8) is 0 Å². The van der Waals surface area contributed by atoms with E-state index in [0.717, 1.165) is 17.7 Å². The van der Waals surface area contributed by atoms with E-state index in [2.05, 4.69) is 9.97 Å². The van der Waals surface area contributed by atoms with Crippen LogP contribution in [-0.4, -0.2) is 51.6 Å². The topological polar surface area (TPSA) is 92.3 Å². The summed E-state index contributed by atoms with van der Waals surface area (Å²) >= 11 is 0. The van der Waals surface area contributed by atoms with Gasteiger partial charge in [0.1, 0.15) is 0 Å².